The molecule has 2 atom stereocenters. The van der Waals surface area contributed by atoms with Crippen LogP contribution in [-0.2, 0) is 9.59 Å². The van der Waals surface area contributed by atoms with E-state index in [-0.39, 0.29) is 23.7 Å². The third-order valence-corrected chi connectivity index (χ3v) is 4.73. The number of benzene rings is 1. The zero-order valence-corrected chi connectivity index (χ0v) is 12.9. The summed E-state index contributed by atoms with van der Waals surface area (Å²) in [6, 6.07) is 9.71. The van der Waals surface area contributed by atoms with E-state index in [1.807, 2.05) is 41.1 Å². The highest BCUT2D eigenvalue weighted by Gasteiger charge is 2.38. The van der Waals surface area contributed by atoms with Crippen molar-refractivity contribution in [3.05, 3.63) is 56.7 Å². The van der Waals surface area contributed by atoms with Gasteiger partial charge in [0.05, 0.1) is 5.92 Å². The third-order valence-electron chi connectivity index (χ3n) is 3.53. The lowest BCUT2D eigenvalue weighted by Gasteiger charge is -2.30. The summed E-state index contributed by atoms with van der Waals surface area (Å²) >= 11 is 5.02. The van der Waals surface area contributed by atoms with Gasteiger partial charge >= 0.3 is 0 Å². The van der Waals surface area contributed by atoms with Crippen LogP contribution in [0.1, 0.15) is 29.4 Å². The molecule has 20 heavy (non-hydrogen) atoms. The van der Waals surface area contributed by atoms with E-state index in [1.165, 1.54) is 0 Å². The van der Waals surface area contributed by atoms with E-state index >= 15 is 0 Å². The van der Waals surface area contributed by atoms with Crippen LogP contribution in [0.4, 0.5) is 0 Å². The fourth-order valence-corrected chi connectivity index (χ4v) is 3.79. The van der Waals surface area contributed by atoms with Crippen molar-refractivity contribution in [2.24, 2.45) is 0 Å². The molecule has 1 aromatic heterocycles. The molecular formula is C15H12BrNO2S. The van der Waals surface area contributed by atoms with Crippen molar-refractivity contribution in [1.29, 1.82) is 0 Å². The molecule has 3 nitrogen and oxygen atoms in total. The summed E-state index contributed by atoms with van der Waals surface area (Å²) in [6.45, 7) is 0. The van der Waals surface area contributed by atoms with Crippen LogP contribution in [0.3, 0.4) is 0 Å². The van der Waals surface area contributed by atoms with Crippen LogP contribution in [0.15, 0.2) is 45.6 Å². The van der Waals surface area contributed by atoms with E-state index in [1.54, 1.807) is 11.3 Å². The monoisotopic (exact) mass is 349 g/mol. The number of halogens is 1. The van der Waals surface area contributed by atoms with Crippen molar-refractivity contribution < 1.29 is 9.59 Å². The molecule has 0 radical (unpaired) electrons. The van der Waals surface area contributed by atoms with Crippen molar-refractivity contribution >= 4 is 39.1 Å². The molecule has 2 amide bonds. The quantitative estimate of drug-likeness (QED) is 0.844. The van der Waals surface area contributed by atoms with Crippen molar-refractivity contribution in [3.8, 4) is 0 Å². The Hall–Kier alpha value is -1.46. The number of carbonyl (C=O) groups is 2. The number of imide groups is 1. The number of thiophene rings is 1. The minimum Gasteiger partial charge on any atom is -0.296 e. The topological polar surface area (TPSA) is 46.2 Å². The average Bonchev–Trinajstić information content (AvgIpc) is 2.91. The van der Waals surface area contributed by atoms with Crippen LogP contribution in [0, 0.1) is 0 Å². The van der Waals surface area contributed by atoms with E-state index in [2.05, 4.69) is 21.2 Å². The molecule has 2 aromatic rings. The lowest BCUT2D eigenvalue weighted by atomic mass is 9.77. The van der Waals surface area contributed by atoms with Gasteiger partial charge < -0.3 is 0 Å². The Labute approximate surface area is 129 Å². The third kappa shape index (κ3) is 2.55. The summed E-state index contributed by atoms with van der Waals surface area (Å²) in [5.41, 5.74) is 1.99. The van der Waals surface area contributed by atoms with Crippen LogP contribution >= 0.6 is 27.3 Å². The van der Waals surface area contributed by atoms with Gasteiger partial charge in [0.15, 0.2) is 0 Å². The molecule has 1 fully saturated rings. The Morgan fingerprint density at radius 2 is 2.05 bits per heavy atom. The molecule has 2 unspecified atom stereocenters. The molecule has 0 bridgehead atoms. The number of hydrogen-bond acceptors (Lipinski definition) is 3. The first-order chi connectivity index (χ1) is 9.65. The lowest BCUT2D eigenvalue weighted by Crippen LogP contribution is -2.43. The van der Waals surface area contributed by atoms with Gasteiger partial charge in [-0.05, 0) is 40.1 Å². The number of nitrogens with one attached hydrogen (secondary N) is 1. The Balaban J connectivity index is 2.04. The van der Waals surface area contributed by atoms with Crippen LogP contribution < -0.4 is 5.32 Å². The molecule has 1 aromatic carbocycles. The summed E-state index contributed by atoms with van der Waals surface area (Å²) in [6.07, 6.45) is 0.347. The SMILES string of the molecule is O=C1CC(c2ccsc2)C(c2cccc(Br)c2)C(=O)N1. The first-order valence-electron chi connectivity index (χ1n) is 6.26. The van der Waals surface area contributed by atoms with E-state index < -0.39 is 0 Å². The molecule has 0 aliphatic carbocycles. The minimum atomic E-state index is -0.320. The second-order valence-corrected chi connectivity index (χ2v) is 6.51. The second-order valence-electron chi connectivity index (χ2n) is 4.81. The van der Waals surface area contributed by atoms with E-state index in [0.717, 1.165) is 15.6 Å². The van der Waals surface area contributed by atoms with Gasteiger partial charge in [-0.15, -0.1) is 0 Å². The fourth-order valence-electron chi connectivity index (χ4n) is 2.65. The second kappa shape index (κ2) is 5.50. The van der Waals surface area contributed by atoms with E-state index in [0.29, 0.717) is 6.42 Å². The van der Waals surface area contributed by atoms with Crippen molar-refractivity contribution in [1.82, 2.24) is 5.32 Å². The van der Waals surface area contributed by atoms with Crippen molar-refractivity contribution in [2.75, 3.05) is 0 Å². The molecule has 5 heteroatoms. The standard InChI is InChI=1S/C15H12BrNO2S/c16-11-3-1-2-9(6-11)14-12(10-4-5-20-8-10)7-13(18)17-15(14)19/h1-6,8,12,14H,7H2,(H,17,18,19). The number of hydrogen-bond donors (Lipinski definition) is 1. The smallest absolute Gasteiger partial charge is 0.234 e. The average molecular weight is 350 g/mol. The Morgan fingerprint density at radius 3 is 2.75 bits per heavy atom. The minimum absolute atomic E-state index is 0.0863. The molecule has 2 heterocycles. The molecule has 1 aliphatic heterocycles. The van der Waals surface area contributed by atoms with E-state index in [4.69, 9.17) is 0 Å². The largest absolute Gasteiger partial charge is 0.296 e. The maximum atomic E-state index is 12.3. The first kappa shape index (κ1) is 13.5. The number of rotatable bonds is 2. The predicted octanol–water partition coefficient (Wildman–Crippen LogP) is 3.42. The Morgan fingerprint density at radius 1 is 1.20 bits per heavy atom. The van der Waals surface area contributed by atoms with Crippen LogP contribution in [0.2, 0.25) is 0 Å². The van der Waals surface area contributed by atoms with Gasteiger partial charge in [0.1, 0.15) is 0 Å². The summed E-state index contributed by atoms with van der Waals surface area (Å²) in [5.74, 6) is -0.815. The molecule has 102 valence electrons. The fraction of sp³-hybridized carbons (Fsp3) is 0.200. The first-order valence-corrected chi connectivity index (χ1v) is 8.00. The van der Waals surface area contributed by atoms with Gasteiger partial charge in [0.25, 0.3) is 0 Å². The highest BCUT2D eigenvalue weighted by molar-refractivity contribution is 9.10. The zero-order chi connectivity index (χ0) is 14.1. The molecule has 1 N–H and O–H groups in total. The van der Waals surface area contributed by atoms with Crippen molar-refractivity contribution in [3.63, 3.8) is 0 Å². The summed E-state index contributed by atoms with van der Waals surface area (Å²) in [5, 5.41) is 6.44. The lowest BCUT2D eigenvalue weighted by molar-refractivity contribution is -0.135. The Bertz CT molecular complexity index is 654. The molecule has 0 spiro atoms. The van der Waals surface area contributed by atoms with Crippen LogP contribution in [-0.4, -0.2) is 11.8 Å². The summed E-state index contributed by atoms with van der Waals surface area (Å²) < 4.78 is 0.934. The molecule has 0 saturated carbocycles. The van der Waals surface area contributed by atoms with Crippen LogP contribution in [0.25, 0.3) is 0 Å². The zero-order valence-electron chi connectivity index (χ0n) is 10.5. The maximum Gasteiger partial charge on any atom is 0.234 e. The molecular weight excluding hydrogens is 338 g/mol. The van der Waals surface area contributed by atoms with Gasteiger partial charge in [0.2, 0.25) is 11.8 Å². The Kier molecular flexibility index (Phi) is 3.72. The molecule has 1 aliphatic rings. The maximum absolute atomic E-state index is 12.3. The summed E-state index contributed by atoms with van der Waals surface area (Å²) in [7, 11) is 0. The predicted molar refractivity (Wildman–Crippen MR) is 81.7 cm³/mol. The number of piperidine rings is 1. The molecule has 3 rings (SSSR count). The number of carbonyl (C=O) groups excluding carboxylic acids is 2. The van der Waals surface area contributed by atoms with Crippen LogP contribution in [0.5, 0.6) is 0 Å². The van der Waals surface area contributed by atoms with Gasteiger partial charge in [-0.2, -0.15) is 11.3 Å². The van der Waals surface area contributed by atoms with Gasteiger partial charge in [-0.3, -0.25) is 14.9 Å². The normalized spacial score (nSPS) is 22.6. The highest BCUT2D eigenvalue weighted by atomic mass is 79.9. The van der Waals surface area contributed by atoms with Gasteiger partial charge in [-0.1, -0.05) is 28.1 Å². The van der Waals surface area contributed by atoms with Gasteiger partial charge in [-0.25, -0.2) is 0 Å². The van der Waals surface area contributed by atoms with Gasteiger partial charge in [0, 0.05) is 16.8 Å². The molecule has 1 saturated heterocycles. The number of amides is 2. The van der Waals surface area contributed by atoms with E-state index in [9.17, 15) is 9.59 Å². The summed E-state index contributed by atoms with van der Waals surface area (Å²) in [4.78, 5) is 24.0. The highest BCUT2D eigenvalue weighted by Crippen LogP contribution is 2.39. The van der Waals surface area contributed by atoms with Crippen molar-refractivity contribution in [2.45, 2.75) is 18.3 Å².